The van der Waals surface area contributed by atoms with E-state index in [2.05, 4.69) is 0 Å². The molecule has 0 rings (SSSR count). The van der Waals surface area contributed by atoms with Crippen LogP contribution in [0.2, 0.25) is 0 Å². The zero-order valence-corrected chi connectivity index (χ0v) is 9.60. The van der Waals surface area contributed by atoms with Gasteiger partial charge in [0.25, 0.3) is 0 Å². The quantitative estimate of drug-likeness (QED) is 0.477. The number of aliphatic hydroxyl groups is 2. The first kappa shape index (κ1) is 14.4. The zero-order valence-electron chi connectivity index (χ0n) is 9.60. The predicted octanol–water partition coefficient (Wildman–Crippen LogP) is 1.66. The largest absolute Gasteiger partial charge is 0.393 e. The first-order chi connectivity index (χ1) is 7.13. The van der Waals surface area contributed by atoms with E-state index in [-0.39, 0.29) is 12.2 Å². The van der Waals surface area contributed by atoms with Crippen LogP contribution < -0.4 is 0 Å². The van der Waals surface area contributed by atoms with E-state index in [1.807, 2.05) is 24.3 Å². The lowest BCUT2D eigenvalue weighted by atomic mass is 10.3. The third-order valence-corrected chi connectivity index (χ3v) is 1.72. The maximum atomic E-state index is 8.95. The molecule has 2 unspecified atom stereocenters. The maximum Gasteiger partial charge on any atom is 0.0651 e. The van der Waals surface area contributed by atoms with Crippen molar-refractivity contribution >= 4 is 0 Å². The van der Waals surface area contributed by atoms with E-state index in [0.717, 1.165) is 0 Å². The smallest absolute Gasteiger partial charge is 0.0651 e. The van der Waals surface area contributed by atoms with Crippen molar-refractivity contribution in [2.75, 3.05) is 13.2 Å². The number of hydrogen-bond acceptors (Lipinski definition) is 3. The molecule has 88 valence electrons. The van der Waals surface area contributed by atoms with Crippen LogP contribution in [0.4, 0.5) is 0 Å². The summed E-state index contributed by atoms with van der Waals surface area (Å²) >= 11 is 0. The minimum Gasteiger partial charge on any atom is -0.393 e. The van der Waals surface area contributed by atoms with Crippen molar-refractivity contribution in [3.63, 3.8) is 0 Å². The minimum atomic E-state index is -0.285. The Morgan fingerprint density at radius 2 is 1.27 bits per heavy atom. The van der Waals surface area contributed by atoms with E-state index < -0.39 is 0 Å². The Hall–Kier alpha value is -0.640. The van der Waals surface area contributed by atoms with Gasteiger partial charge in [-0.25, -0.2) is 0 Å². The van der Waals surface area contributed by atoms with E-state index >= 15 is 0 Å². The molecule has 0 aliphatic carbocycles. The van der Waals surface area contributed by atoms with E-state index in [4.69, 9.17) is 14.9 Å². The minimum absolute atomic E-state index is 0.285. The van der Waals surface area contributed by atoms with E-state index in [0.29, 0.717) is 26.1 Å². The highest BCUT2D eigenvalue weighted by molar-refractivity contribution is 4.85. The van der Waals surface area contributed by atoms with Crippen LogP contribution in [0.1, 0.15) is 26.7 Å². The molecule has 0 radical (unpaired) electrons. The summed E-state index contributed by atoms with van der Waals surface area (Å²) in [6.07, 6.45) is 8.38. The van der Waals surface area contributed by atoms with Crippen LogP contribution in [0.3, 0.4) is 0 Å². The third-order valence-electron chi connectivity index (χ3n) is 1.72. The van der Waals surface area contributed by atoms with Gasteiger partial charge in [-0.05, 0) is 26.7 Å². The summed E-state index contributed by atoms with van der Waals surface area (Å²) in [5, 5.41) is 17.9. The van der Waals surface area contributed by atoms with Gasteiger partial charge in [0.15, 0.2) is 0 Å². The van der Waals surface area contributed by atoms with Gasteiger partial charge in [-0.2, -0.15) is 0 Å². The molecule has 0 aliphatic heterocycles. The van der Waals surface area contributed by atoms with Gasteiger partial charge in [0.2, 0.25) is 0 Å². The topological polar surface area (TPSA) is 49.7 Å². The van der Waals surface area contributed by atoms with Gasteiger partial charge >= 0.3 is 0 Å². The molecular weight excluding hydrogens is 192 g/mol. The van der Waals surface area contributed by atoms with Crippen molar-refractivity contribution in [3.8, 4) is 0 Å². The van der Waals surface area contributed by atoms with Crippen LogP contribution in [0, 0.1) is 0 Å². The molecule has 2 atom stereocenters. The molecule has 0 aromatic rings. The summed E-state index contributed by atoms with van der Waals surface area (Å²) in [5.41, 5.74) is 0. The first-order valence-corrected chi connectivity index (χ1v) is 5.36. The lowest BCUT2D eigenvalue weighted by Gasteiger charge is -1.98. The molecule has 0 aliphatic rings. The van der Waals surface area contributed by atoms with E-state index in [9.17, 15) is 0 Å². The fourth-order valence-corrected chi connectivity index (χ4v) is 0.927. The SMILES string of the molecule is CC(O)CC=CCOCC=CCC(C)O. The summed E-state index contributed by atoms with van der Waals surface area (Å²) in [5.74, 6) is 0. The third kappa shape index (κ3) is 13.4. The second-order valence-corrected chi connectivity index (χ2v) is 3.65. The molecule has 3 heteroatoms. The van der Waals surface area contributed by atoms with E-state index in [1.165, 1.54) is 0 Å². The zero-order chi connectivity index (χ0) is 11.5. The molecule has 0 saturated carbocycles. The standard InChI is InChI=1S/C12H22O3/c1-11(13)7-3-5-9-15-10-6-4-8-12(2)14/h3-6,11-14H,7-10H2,1-2H3. The molecule has 3 nitrogen and oxygen atoms in total. The van der Waals surface area contributed by atoms with Crippen LogP contribution in [-0.2, 0) is 4.74 Å². The Balaban J connectivity index is 3.24. The summed E-state index contributed by atoms with van der Waals surface area (Å²) in [7, 11) is 0. The van der Waals surface area contributed by atoms with Gasteiger partial charge in [-0.1, -0.05) is 24.3 Å². The maximum absolute atomic E-state index is 8.95. The molecular formula is C12H22O3. The normalized spacial score (nSPS) is 16.3. The lowest BCUT2D eigenvalue weighted by Crippen LogP contribution is -1.97. The Morgan fingerprint density at radius 1 is 0.867 bits per heavy atom. The lowest BCUT2D eigenvalue weighted by molar-refractivity contribution is 0.187. The fraction of sp³-hybridized carbons (Fsp3) is 0.667. The second-order valence-electron chi connectivity index (χ2n) is 3.65. The molecule has 0 heterocycles. The predicted molar refractivity (Wildman–Crippen MR) is 61.7 cm³/mol. The molecule has 0 aromatic heterocycles. The van der Waals surface area contributed by atoms with Gasteiger partial charge in [0.05, 0.1) is 25.4 Å². The van der Waals surface area contributed by atoms with Gasteiger partial charge in [0, 0.05) is 0 Å². The number of hydrogen-bond donors (Lipinski definition) is 2. The summed E-state index contributed by atoms with van der Waals surface area (Å²) in [4.78, 5) is 0. The van der Waals surface area contributed by atoms with Crippen molar-refractivity contribution in [3.05, 3.63) is 24.3 Å². The molecule has 0 saturated heterocycles. The number of ether oxygens (including phenoxy) is 1. The molecule has 2 N–H and O–H groups in total. The first-order valence-electron chi connectivity index (χ1n) is 5.36. The van der Waals surface area contributed by atoms with E-state index in [1.54, 1.807) is 13.8 Å². The van der Waals surface area contributed by atoms with Gasteiger partial charge in [0.1, 0.15) is 0 Å². The van der Waals surface area contributed by atoms with Crippen molar-refractivity contribution < 1.29 is 14.9 Å². The molecule has 0 spiro atoms. The highest BCUT2D eigenvalue weighted by Crippen LogP contribution is 1.92. The van der Waals surface area contributed by atoms with Crippen LogP contribution >= 0.6 is 0 Å². The van der Waals surface area contributed by atoms with Gasteiger partial charge < -0.3 is 14.9 Å². The van der Waals surface area contributed by atoms with Gasteiger partial charge in [-0.3, -0.25) is 0 Å². The highest BCUT2D eigenvalue weighted by atomic mass is 16.5. The molecule has 0 bridgehead atoms. The summed E-state index contributed by atoms with van der Waals surface area (Å²) in [6, 6.07) is 0. The fourth-order valence-electron chi connectivity index (χ4n) is 0.927. The van der Waals surface area contributed by atoms with Crippen molar-refractivity contribution in [1.82, 2.24) is 0 Å². The Kier molecular flexibility index (Phi) is 9.48. The molecule has 0 aromatic carbocycles. The highest BCUT2D eigenvalue weighted by Gasteiger charge is 1.89. The molecule has 0 fully saturated rings. The Labute approximate surface area is 92.1 Å². The molecule has 15 heavy (non-hydrogen) atoms. The van der Waals surface area contributed by atoms with Crippen molar-refractivity contribution in [2.24, 2.45) is 0 Å². The Bertz CT molecular complexity index is 163. The van der Waals surface area contributed by atoms with Crippen LogP contribution in [0.25, 0.3) is 0 Å². The molecule has 0 amide bonds. The van der Waals surface area contributed by atoms with Gasteiger partial charge in [-0.15, -0.1) is 0 Å². The number of rotatable bonds is 8. The monoisotopic (exact) mass is 214 g/mol. The summed E-state index contributed by atoms with van der Waals surface area (Å²) < 4.78 is 5.26. The summed E-state index contributed by atoms with van der Waals surface area (Å²) in [6.45, 7) is 4.63. The Morgan fingerprint density at radius 3 is 1.60 bits per heavy atom. The number of aliphatic hydroxyl groups excluding tert-OH is 2. The van der Waals surface area contributed by atoms with Crippen LogP contribution in [-0.4, -0.2) is 35.6 Å². The van der Waals surface area contributed by atoms with Crippen LogP contribution in [0.5, 0.6) is 0 Å². The van der Waals surface area contributed by atoms with Crippen LogP contribution in [0.15, 0.2) is 24.3 Å². The average Bonchev–Trinajstić information content (AvgIpc) is 2.14. The van der Waals surface area contributed by atoms with Crippen molar-refractivity contribution in [1.29, 1.82) is 0 Å². The second kappa shape index (κ2) is 9.90. The average molecular weight is 214 g/mol. The van der Waals surface area contributed by atoms with Crippen molar-refractivity contribution in [2.45, 2.75) is 38.9 Å².